The highest BCUT2D eigenvalue weighted by atomic mass is 16.5. The average Bonchev–Trinajstić information content (AvgIpc) is 2.71. The second-order valence-corrected chi connectivity index (χ2v) is 5.29. The van der Waals surface area contributed by atoms with Crippen molar-refractivity contribution in [3.05, 3.63) is 35.9 Å². The zero-order valence-electron chi connectivity index (χ0n) is 12.3. The zero-order chi connectivity index (χ0) is 15.1. The fourth-order valence-electron chi connectivity index (χ4n) is 2.24. The van der Waals surface area contributed by atoms with E-state index in [0.717, 1.165) is 18.4 Å². The first-order chi connectivity index (χ1) is 10.2. The Bertz CT molecular complexity index is 476. The van der Waals surface area contributed by atoms with Crippen LogP contribution >= 0.6 is 0 Å². The Balaban J connectivity index is 1.80. The summed E-state index contributed by atoms with van der Waals surface area (Å²) in [7, 11) is 0. The number of carbonyl (C=O) groups is 2. The van der Waals surface area contributed by atoms with Crippen LogP contribution in [0.4, 0.5) is 0 Å². The summed E-state index contributed by atoms with van der Waals surface area (Å²) in [6.07, 6.45) is 1.99. The largest absolute Gasteiger partial charge is 0.364 e. The van der Waals surface area contributed by atoms with Crippen molar-refractivity contribution in [2.24, 2.45) is 0 Å². The lowest BCUT2D eigenvalue weighted by Crippen LogP contribution is -2.48. The molecular weight excluding hydrogens is 268 g/mol. The van der Waals surface area contributed by atoms with Gasteiger partial charge >= 0.3 is 0 Å². The minimum absolute atomic E-state index is 0.101. The Morgan fingerprint density at radius 1 is 1.38 bits per heavy atom. The molecule has 1 aromatic carbocycles. The van der Waals surface area contributed by atoms with Gasteiger partial charge in [0.05, 0.1) is 6.61 Å². The lowest BCUT2D eigenvalue weighted by atomic mass is 10.1. The number of carbonyl (C=O) groups excluding carboxylic acids is 2. The van der Waals surface area contributed by atoms with Gasteiger partial charge in [-0.2, -0.15) is 0 Å². The van der Waals surface area contributed by atoms with Crippen LogP contribution in [0.2, 0.25) is 0 Å². The van der Waals surface area contributed by atoms with Gasteiger partial charge in [-0.25, -0.2) is 0 Å². The summed E-state index contributed by atoms with van der Waals surface area (Å²) in [5.74, 6) is -0.343. The summed E-state index contributed by atoms with van der Waals surface area (Å²) in [5, 5.41) is 5.57. The molecule has 0 spiro atoms. The van der Waals surface area contributed by atoms with Crippen LogP contribution in [0.25, 0.3) is 0 Å². The first-order valence-corrected chi connectivity index (χ1v) is 7.40. The SMILES string of the molecule is CC(OCc1ccccc1)C(=O)NC1CCCCNC1=O. The predicted molar refractivity (Wildman–Crippen MR) is 79.5 cm³/mol. The number of rotatable bonds is 5. The molecule has 2 amide bonds. The second-order valence-electron chi connectivity index (χ2n) is 5.29. The van der Waals surface area contributed by atoms with E-state index in [1.54, 1.807) is 6.92 Å². The molecule has 2 rings (SSSR count). The van der Waals surface area contributed by atoms with Gasteiger partial charge in [-0.05, 0) is 31.7 Å². The molecule has 0 saturated carbocycles. The van der Waals surface area contributed by atoms with Gasteiger partial charge in [0.15, 0.2) is 0 Å². The third kappa shape index (κ3) is 4.86. The highest BCUT2D eigenvalue weighted by molar-refractivity contribution is 5.89. The van der Waals surface area contributed by atoms with E-state index in [-0.39, 0.29) is 11.8 Å². The summed E-state index contributed by atoms with van der Waals surface area (Å²) in [5.41, 5.74) is 1.02. The molecule has 2 unspecified atom stereocenters. The van der Waals surface area contributed by atoms with Crippen LogP contribution in [-0.4, -0.2) is 30.5 Å². The van der Waals surface area contributed by atoms with E-state index < -0.39 is 12.1 Å². The highest BCUT2D eigenvalue weighted by Crippen LogP contribution is 2.07. The normalized spacial score (nSPS) is 20.2. The van der Waals surface area contributed by atoms with Crippen LogP contribution in [0.5, 0.6) is 0 Å². The Labute approximate surface area is 125 Å². The monoisotopic (exact) mass is 290 g/mol. The van der Waals surface area contributed by atoms with Crippen molar-refractivity contribution in [1.29, 1.82) is 0 Å². The molecule has 1 saturated heterocycles. The maximum absolute atomic E-state index is 12.1. The number of amides is 2. The molecule has 2 atom stereocenters. The van der Waals surface area contributed by atoms with Gasteiger partial charge in [0.2, 0.25) is 11.8 Å². The van der Waals surface area contributed by atoms with Gasteiger partial charge in [0.1, 0.15) is 12.1 Å². The van der Waals surface area contributed by atoms with Crippen LogP contribution in [-0.2, 0) is 20.9 Å². The van der Waals surface area contributed by atoms with Crippen molar-refractivity contribution in [3.8, 4) is 0 Å². The molecular formula is C16H22N2O3. The molecule has 5 nitrogen and oxygen atoms in total. The fourth-order valence-corrected chi connectivity index (χ4v) is 2.24. The quantitative estimate of drug-likeness (QED) is 0.861. The van der Waals surface area contributed by atoms with E-state index in [2.05, 4.69) is 10.6 Å². The lowest BCUT2D eigenvalue weighted by molar-refractivity contribution is -0.136. The Morgan fingerprint density at radius 2 is 2.14 bits per heavy atom. The van der Waals surface area contributed by atoms with Crippen molar-refractivity contribution < 1.29 is 14.3 Å². The summed E-state index contributed by atoms with van der Waals surface area (Å²) >= 11 is 0. The van der Waals surface area contributed by atoms with Crippen LogP contribution in [0.15, 0.2) is 30.3 Å². The number of ether oxygens (including phenoxy) is 1. The van der Waals surface area contributed by atoms with E-state index in [1.807, 2.05) is 30.3 Å². The summed E-state index contributed by atoms with van der Waals surface area (Å²) < 4.78 is 5.55. The maximum atomic E-state index is 12.1. The summed E-state index contributed by atoms with van der Waals surface area (Å²) in [6.45, 7) is 2.77. The van der Waals surface area contributed by atoms with Crippen molar-refractivity contribution in [2.75, 3.05) is 6.54 Å². The number of hydrogen-bond acceptors (Lipinski definition) is 3. The van der Waals surface area contributed by atoms with Crippen molar-refractivity contribution in [3.63, 3.8) is 0 Å². The third-order valence-corrected chi connectivity index (χ3v) is 3.56. The Kier molecular flexibility index (Phi) is 5.75. The van der Waals surface area contributed by atoms with Gasteiger partial charge in [-0.15, -0.1) is 0 Å². The maximum Gasteiger partial charge on any atom is 0.249 e. The second kappa shape index (κ2) is 7.78. The van der Waals surface area contributed by atoms with E-state index in [9.17, 15) is 9.59 Å². The van der Waals surface area contributed by atoms with Crippen molar-refractivity contribution >= 4 is 11.8 Å². The fraction of sp³-hybridized carbons (Fsp3) is 0.500. The number of benzene rings is 1. The molecule has 114 valence electrons. The minimum atomic E-state index is -0.582. The minimum Gasteiger partial charge on any atom is -0.364 e. The molecule has 1 aliphatic rings. The predicted octanol–water partition coefficient (Wildman–Crippen LogP) is 1.38. The van der Waals surface area contributed by atoms with E-state index >= 15 is 0 Å². The molecule has 1 aromatic rings. The number of hydrogen-bond donors (Lipinski definition) is 2. The van der Waals surface area contributed by atoms with E-state index in [1.165, 1.54) is 0 Å². The van der Waals surface area contributed by atoms with Crippen LogP contribution in [0.3, 0.4) is 0 Å². The van der Waals surface area contributed by atoms with Crippen LogP contribution in [0.1, 0.15) is 31.7 Å². The van der Waals surface area contributed by atoms with Gasteiger partial charge in [-0.3, -0.25) is 9.59 Å². The molecule has 0 aliphatic carbocycles. The van der Waals surface area contributed by atoms with E-state index in [0.29, 0.717) is 19.6 Å². The summed E-state index contributed by atoms with van der Waals surface area (Å²) in [6, 6.07) is 9.25. The number of nitrogens with one attached hydrogen (secondary N) is 2. The standard InChI is InChI=1S/C16H22N2O3/c1-12(21-11-13-7-3-2-4-8-13)15(19)18-14-9-5-6-10-17-16(14)20/h2-4,7-8,12,14H,5-6,9-11H2,1H3,(H,17,20)(H,18,19). The molecule has 1 fully saturated rings. The molecule has 1 heterocycles. The molecule has 0 aromatic heterocycles. The van der Waals surface area contributed by atoms with E-state index in [4.69, 9.17) is 4.74 Å². The van der Waals surface area contributed by atoms with Gasteiger partial charge in [-0.1, -0.05) is 30.3 Å². The van der Waals surface area contributed by atoms with Gasteiger partial charge in [0, 0.05) is 6.54 Å². The molecule has 21 heavy (non-hydrogen) atoms. The lowest BCUT2D eigenvalue weighted by Gasteiger charge is -2.18. The smallest absolute Gasteiger partial charge is 0.249 e. The summed E-state index contributed by atoms with van der Waals surface area (Å²) in [4.78, 5) is 23.9. The molecule has 0 bridgehead atoms. The molecule has 1 aliphatic heterocycles. The first kappa shape index (κ1) is 15.5. The Morgan fingerprint density at radius 3 is 2.90 bits per heavy atom. The third-order valence-electron chi connectivity index (χ3n) is 3.56. The first-order valence-electron chi connectivity index (χ1n) is 7.40. The molecule has 0 radical (unpaired) electrons. The van der Waals surface area contributed by atoms with Crippen LogP contribution in [0, 0.1) is 0 Å². The molecule has 5 heteroatoms. The van der Waals surface area contributed by atoms with Crippen LogP contribution < -0.4 is 10.6 Å². The zero-order valence-corrected chi connectivity index (χ0v) is 12.3. The van der Waals surface area contributed by atoms with Crippen molar-refractivity contribution in [2.45, 2.75) is 44.9 Å². The Hall–Kier alpha value is -1.88. The topological polar surface area (TPSA) is 67.4 Å². The highest BCUT2D eigenvalue weighted by Gasteiger charge is 2.24. The molecule has 2 N–H and O–H groups in total. The van der Waals surface area contributed by atoms with Crippen molar-refractivity contribution in [1.82, 2.24) is 10.6 Å². The van der Waals surface area contributed by atoms with Gasteiger partial charge in [0.25, 0.3) is 0 Å². The van der Waals surface area contributed by atoms with Gasteiger partial charge < -0.3 is 15.4 Å². The average molecular weight is 290 g/mol.